The fraction of sp³-hybridized carbons (Fsp3) is 0.222. The lowest BCUT2D eigenvalue weighted by atomic mass is 9.79. The second-order valence-corrected chi connectivity index (χ2v) is 3.15. The number of amides is 2. The highest BCUT2D eigenvalue weighted by Gasteiger charge is 2.12. The predicted molar refractivity (Wildman–Crippen MR) is 59.1 cm³/mol. The summed E-state index contributed by atoms with van der Waals surface area (Å²) < 4.78 is 0. The summed E-state index contributed by atoms with van der Waals surface area (Å²) in [5.41, 5.74) is 1.80. The van der Waals surface area contributed by atoms with Gasteiger partial charge in [0.1, 0.15) is 0 Å². The number of carbonyl (C=O) groups excluding carboxylic acids is 1. The lowest BCUT2D eigenvalue weighted by molar-refractivity contribution is 0.254. The van der Waals surface area contributed by atoms with Gasteiger partial charge in [-0.05, 0) is 24.0 Å². The molecule has 0 saturated carbocycles. The largest absolute Gasteiger partial charge is 0.488 e. The van der Waals surface area contributed by atoms with Crippen LogP contribution in [-0.2, 0) is 0 Å². The van der Waals surface area contributed by atoms with Gasteiger partial charge in [0.15, 0.2) is 0 Å². The molecule has 0 radical (unpaired) electrons. The highest BCUT2D eigenvalue weighted by molar-refractivity contribution is 6.58. The Balaban J connectivity index is 2.88. The van der Waals surface area contributed by atoms with Gasteiger partial charge < -0.3 is 20.7 Å². The molecule has 0 spiro atoms. The first kappa shape index (κ1) is 11.5. The van der Waals surface area contributed by atoms with Gasteiger partial charge >= 0.3 is 13.1 Å². The molecule has 0 aliphatic carbocycles. The topological polar surface area (TPSA) is 81.6 Å². The monoisotopic (exact) mass is 208 g/mol. The molecule has 0 saturated heterocycles. The Labute approximate surface area is 88.3 Å². The number of rotatable bonds is 2. The molecule has 0 fully saturated rings. The summed E-state index contributed by atoms with van der Waals surface area (Å²) in [7, 11) is 0.0361. The Morgan fingerprint density at radius 3 is 2.53 bits per heavy atom. The second kappa shape index (κ2) is 4.81. The van der Waals surface area contributed by atoms with Gasteiger partial charge in [0.25, 0.3) is 0 Å². The van der Waals surface area contributed by atoms with Crippen molar-refractivity contribution in [2.75, 3.05) is 12.4 Å². The van der Waals surface area contributed by atoms with E-state index in [2.05, 4.69) is 10.6 Å². The van der Waals surface area contributed by atoms with Crippen molar-refractivity contribution in [2.45, 2.75) is 6.92 Å². The van der Waals surface area contributed by atoms with Crippen molar-refractivity contribution in [3.8, 4) is 0 Å². The summed E-state index contributed by atoms with van der Waals surface area (Å²) in [4.78, 5) is 11.0. The Morgan fingerprint density at radius 2 is 2.07 bits per heavy atom. The third-order valence-corrected chi connectivity index (χ3v) is 2.02. The summed E-state index contributed by atoms with van der Waals surface area (Å²) in [5.74, 6) is 0. The van der Waals surface area contributed by atoms with E-state index in [0.717, 1.165) is 5.56 Å². The van der Waals surface area contributed by atoms with Crippen LogP contribution in [0.25, 0.3) is 0 Å². The van der Waals surface area contributed by atoms with Crippen LogP contribution in [0.5, 0.6) is 0 Å². The van der Waals surface area contributed by atoms with E-state index in [1.807, 2.05) is 0 Å². The lowest BCUT2D eigenvalue weighted by Gasteiger charge is -2.09. The summed E-state index contributed by atoms with van der Waals surface area (Å²) in [6.45, 7) is 1.77. The molecule has 0 unspecified atom stereocenters. The van der Waals surface area contributed by atoms with E-state index in [0.29, 0.717) is 11.2 Å². The molecular weight excluding hydrogens is 195 g/mol. The summed E-state index contributed by atoms with van der Waals surface area (Å²) in [5, 5.41) is 22.9. The van der Waals surface area contributed by atoms with Crippen molar-refractivity contribution in [1.29, 1.82) is 0 Å². The first-order valence-corrected chi connectivity index (χ1v) is 4.50. The number of nitrogens with one attached hydrogen (secondary N) is 2. The van der Waals surface area contributed by atoms with E-state index in [4.69, 9.17) is 10.0 Å². The molecule has 0 aliphatic rings. The molecule has 1 aromatic carbocycles. The Morgan fingerprint density at radius 1 is 1.40 bits per heavy atom. The Hall–Kier alpha value is -1.53. The van der Waals surface area contributed by atoms with Gasteiger partial charge in [0, 0.05) is 12.7 Å². The zero-order valence-electron chi connectivity index (χ0n) is 8.61. The minimum atomic E-state index is -1.49. The molecule has 0 aromatic heterocycles. The molecule has 0 atom stereocenters. The molecule has 6 heteroatoms. The van der Waals surface area contributed by atoms with Gasteiger partial charge in [-0.25, -0.2) is 4.79 Å². The fourth-order valence-electron chi connectivity index (χ4n) is 1.17. The van der Waals surface area contributed by atoms with Crippen LogP contribution in [0.4, 0.5) is 10.5 Å². The van der Waals surface area contributed by atoms with Crippen molar-refractivity contribution in [1.82, 2.24) is 5.32 Å². The SMILES string of the molecule is CNC(=O)Nc1ccc(B(O)O)cc1C. The van der Waals surface area contributed by atoms with Crippen LogP contribution in [-0.4, -0.2) is 30.2 Å². The minimum absolute atomic E-state index is 0.310. The fourth-order valence-corrected chi connectivity index (χ4v) is 1.17. The van der Waals surface area contributed by atoms with E-state index in [1.165, 1.54) is 7.05 Å². The molecule has 80 valence electrons. The highest BCUT2D eigenvalue weighted by Crippen LogP contribution is 2.11. The summed E-state index contributed by atoms with van der Waals surface area (Å²) in [6, 6.07) is 4.47. The van der Waals surface area contributed by atoms with Gasteiger partial charge in [0.2, 0.25) is 0 Å². The quantitative estimate of drug-likeness (QED) is 0.491. The first-order chi connectivity index (χ1) is 7.04. The van der Waals surface area contributed by atoms with Crippen molar-refractivity contribution < 1.29 is 14.8 Å². The Bertz CT molecular complexity index is 368. The van der Waals surface area contributed by atoms with Gasteiger partial charge in [-0.1, -0.05) is 12.1 Å². The number of aryl methyl sites for hydroxylation is 1. The molecule has 1 rings (SSSR count). The number of hydrogen-bond acceptors (Lipinski definition) is 3. The van der Waals surface area contributed by atoms with Crippen molar-refractivity contribution in [2.24, 2.45) is 0 Å². The van der Waals surface area contributed by atoms with Gasteiger partial charge in [-0.3, -0.25) is 0 Å². The molecule has 0 bridgehead atoms. The van der Waals surface area contributed by atoms with E-state index in [-0.39, 0.29) is 6.03 Å². The average Bonchev–Trinajstić information content (AvgIpc) is 2.20. The molecule has 5 nitrogen and oxygen atoms in total. The van der Waals surface area contributed by atoms with Gasteiger partial charge in [-0.2, -0.15) is 0 Å². The maximum atomic E-state index is 11.0. The lowest BCUT2D eigenvalue weighted by Crippen LogP contribution is -2.30. The van der Waals surface area contributed by atoms with Crippen LogP contribution in [0.2, 0.25) is 0 Å². The van der Waals surface area contributed by atoms with E-state index >= 15 is 0 Å². The van der Waals surface area contributed by atoms with Crippen LogP contribution in [0.1, 0.15) is 5.56 Å². The second-order valence-electron chi connectivity index (χ2n) is 3.15. The highest BCUT2D eigenvalue weighted by atomic mass is 16.4. The normalized spacial score (nSPS) is 9.60. The molecular formula is C9H13BN2O3. The van der Waals surface area contributed by atoms with Crippen molar-refractivity contribution in [3.63, 3.8) is 0 Å². The molecule has 0 heterocycles. The maximum absolute atomic E-state index is 11.0. The van der Waals surface area contributed by atoms with E-state index in [9.17, 15) is 4.79 Å². The van der Waals surface area contributed by atoms with Crippen LogP contribution in [0.3, 0.4) is 0 Å². The number of hydrogen-bond donors (Lipinski definition) is 4. The van der Waals surface area contributed by atoms with Gasteiger partial charge in [-0.15, -0.1) is 0 Å². The van der Waals surface area contributed by atoms with Crippen LogP contribution < -0.4 is 16.1 Å². The molecule has 2 amide bonds. The molecule has 1 aromatic rings. The maximum Gasteiger partial charge on any atom is 0.488 e. The Kier molecular flexibility index (Phi) is 3.71. The number of urea groups is 1. The zero-order valence-corrected chi connectivity index (χ0v) is 8.61. The number of carbonyl (C=O) groups is 1. The standard InChI is InChI=1S/C9H13BN2O3/c1-6-5-7(10(14)15)3-4-8(6)12-9(13)11-2/h3-5,14-15H,1-2H3,(H2,11,12,13). The molecule has 15 heavy (non-hydrogen) atoms. The average molecular weight is 208 g/mol. The number of benzene rings is 1. The summed E-state index contributed by atoms with van der Waals surface area (Å²) in [6.07, 6.45) is 0. The van der Waals surface area contributed by atoms with Crippen LogP contribution in [0, 0.1) is 6.92 Å². The van der Waals surface area contributed by atoms with Crippen molar-refractivity contribution >= 4 is 24.3 Å². The number of anilines is 1. The predicted octanol–water partition coefficient (Wildman–Crippen LogP) is -0.574. The zero-order chi connectivity index (χ0) is 11.4. The molecule has 4 N–H and O–H groups in total. The third kappa shape index (κ3) is 2.97. The third-order valence-electron chi connectivity index (χ3n) is 2.02. The van der Waals surface area contributed by atoms with Crippen LogP contribution in [0.15, 0.2) is 18.2 Å². The van der Waals surface area contributed by atoms with E-state index in [1.54, 1.807) is 25.1 Å². The van der Waals surface area contributed by atoms with Gasteiger partial charge in [0.05, 0.1) is 0 Å². The molecule has 0 aliphatic heterocycles. The first-order valence-electron chi connectivity index (χ1n) is 4.50. The summed E-state index contributed by atoms with van der Waals surface area (Å²) >= 11 is 0. The van der Waals surface area contributed by atoms with Crippen molar-refractivity contribution in [3.05, 3.63) is 23.8 Å². The minimum Gasteiger partial charge on any atom is -0.423 e. The smallest absolute Gasteiger partial charge is 0.423 e. The van der Waals surface area contributed by atoms with Crippen LogP contribution >= 0.6 is 0 Å². The van der Waals surface area contributed by atoms with E-state index < -0.39 is 7.12 Å².